The topological polar surface area (TPSA) is 55.8 Å². The van der Waals surface area contributed by atoms with E-state index in [1.165, 1.54) is 11.3 Å². The van der Waals surface area contributed by atoms with Crippen molar-refractivity contribution in [2.24, 2.45) is 0 Å². The molecule has 5 nitrogen and oxygen atoms in total. The van der Waals surface area contributed by atoms with Gasteiger partial charge < -0.3 is 20.2 Å². The standard InChI is InChI=1S/C18H22ClN3O2S/c19-12-16(23)13-20-14-3-5-15(6-4-14)21-7-9-22(10-8-21)18(24)17-2-1-11-25-17/h1-6,11,16,20,23H,7-10,12-13H2. The highest BCUT2D eigenvalue weighted by molar-refractivity contribution is 7.12. The minimum absolute atomic E-state index is 0.132. The van der Waals surface area contributed by atoms with Crippen molar-refractivity contribution in [2.45, 2.75) is 6.10 Å². The number of carbonyl (C=O) groups is 1. The van der Waals surface area contributed by atoms with Crippen molar-refractivity contribution in [3.05, 3.63) is 46.7 Å². The second-order valence-corrected chi connectivity index (χ2v) is 7.25. The molecule has 0 aliphatic carbocycles. The van der Waals surface area contributed by atoms with Crippen LogP contribution in [0.15, 0.2) is 41.8 Å². The molecule has 1 aromatic heterocycles. The summed E-state index contributed by atoms with van der Waals surface area (Å²) in [6.45, 7) is 3.56. The van der Waals surface area contributed by atoms with E-state index in [1.807, 2.05) is 34.5 Å². The minimum atomic E-state index is -0.546. The average molecular weight is 380 g/mol. The van der Waals surface area contributed by atoms with Gasteiger partial charge in [0.25, 0.3) is 5.91 Å². The second-order valence-electron chi connectivity index (χ2n) is 5.99. The molecule has 7 heteroatoms. The molecule has 25 heavy (non-hydrogen) atoms. The highest BCUT2D eigenvalue weighted by Gasteiger charge is 2.22. The average Bonchev–Trinajstić information content (AvgIpc) is 3.21. The van der Waals surface area contributed by atoms with E-state index in [4.69, 9.17) is 11.6 Å². The van der Waals surface area contributed by atoms with Gasteiger partial charge in [-0.15, -0.1) is 22.9 Å². The van der Waals surface area contributed by atoms with Crippen LogP contribution in [0, 0.1) is 0 Å². The number of alkyl halides is 1. The Morgan fingerprint density at radius 2 is 1.92 bits per heavy atom. The van der Waals surface area contributed by atoms with Gasteiger partial charge in [0.15, 0.2) is 0 Å². The highest BCUT2D eigenvalue weighted by atomic mass is 35.5. The van der Waals surface area contributed by atoms with E-state index in [1.54, 1.807) is 0 Å². The zero-order valence-corrected chi connectivity index (χ0v) is 15.5. The van der Waals surface area contributed by atoms with Crippen LogP contribution in [-0.2, 0) is 0 Å². The first kappa shape index (κ1) is 18.0. The number of amides is 1. The maximum absolute atomic E-state index is 12.4. The third-order valence-corrected chi connectivity index (χ3v) is 5.47. The molecule has 1 aliphatic rings. The normalized spacial score (nSPS) is 15.9. The number of hydrogen-bond donors (Lipinski definition) is 2. The first-order valence-corrected chi connectivity index (χ1v) is 9.74. The molecule has 1 amide bonds. The summed E-state index contributed by atoms with van der Waals surface area (Å²) in [5.41, 5.74) is 2.10. The Morgan fingerprint density at radius 3 is 2.52 bits per heavy atom. The number of halogens is 1. The number of carbonyl (C=O) groups excluding carboxylic acids is 1. The first-order valence-electron chi connectivity index (χ1n) is 8.33. The number of piperazine rings is 1. The predicted octanol–water partition coefficient (Wildman–Crippen LogP) is 2.72. The molecular weight excluding hydrogens is 358 g/mol. The minimum Gasteiger partial charge on any atom is -0.390 e. The van der Waals surface area contributed by atoms with Crippen LogP contribution in [0.1, 0.15) is 9.67 Å². The van der Waals surface area contributed by atoms with E-state index >= 15 is 0 Å². The maximum atomic E-state index is 12.4. The van der Waals surface area contributed by atoms with Crippen LogP contribution in [0.4, 0.5) is 11.4 Å². The fourth-order valence-corrected chi connectivity index (χ4v) is 3.60. The van der Waals surface area contributed by atoms with E-state index in [9.17, 15) is 9.90 Å². The summed E-state index contributed by atoms with van der Waals surface area (Å²) in [6.07, 6.45) is -0.546. The summed E-state index contributed by atoms with van der Waals surface area (Å²) >= 11 is 7.08. The number of aliphatic hydroxyl groups excluding tert-OH is 1. The molecule has 1 aromatic carbocycles. The van der Waals surface area contributed by atoms with E-state index in [-0.39, 0.29) is 11.8 Å². The molecule has 0 bridgehead atoms. The number of thiophene rings is 1. The van der Waals surface area contributed by atoms with E-state index in [0.717, 1.165) is 42.4 Å². The lowest BCUT2D eigenvalue weighted by molar-refractivity contribution is 0.0751. The zero-order chi connectivity index (χ0) is 17.6. The van der Waals surface area contributed by atoms with Crippen molar-refractivity contribution in [2.75, 3.05) is 48.8 Å². The number of nitrogens with one attached hydrogen (secondary N) is 1. The second kappa shape index (κ2) is 8.56. The summed E-state index contributed by atoms with van der Waals surface area (Å²) < 4.78 is 0. The number of anilines is 2. The Kier molecular flexibility index (Phi) is 6.18. The Labute approximate surface area is 156 Å². The van der Waals surface area contributed by atoms with Crippen LogP contribution in [0.25, 0.3) is 0 Å². The molecule has 1 aliphatic heterocycles. The number of nitrogens with zero attached hydrogens (tertiary/aromatic N) is 2. The molecule has 3 rings (SSSR count). The number of aliphatic hydroxyl groups is 1. The van der Waals surface area contributed by atoms with Crippen LogP contribution < -0.4 is 10.2 Å². The van der Waals surface area contributed by atoms with E-state index in [2.05, 4.69) is 22.3 Å². The molecule has 2 N–H and O–H groups in total. The van der Waals surface area contributed by atoms with Gasteiger partial charge in [0.05, 0.1) is 16.9 Å². The lowest BCUT2D eigenvalue weighted by atomic mass is 10.2. The molecule has 2 heterocycles. The molecule has 0 radical (unpaired) electrons. The summed E-state index contributed by atoms with van der Waals surface area (Å²) in [4.78, 5) is 17.4. The molecule has 1 unspecified atom stereocenters. The highest BCUT2D eigenvalue weighted by Crippen LogP contribution is 2.21. The third-order valence-electron chi connectivity index (χ3n) is 4.25. The number of benzene rings is 1. The Hall–Kier alpha value is -1.76. The first-order chi connectivity index (χ1) is 12.2. The van der Waals surface area contributed by atoms with Crippen LogP contribution >= 0.6 is 22.9 Å². The molecular formula is C18H22ClN3O2S. The van der Waals surface area contributed by atoms with Gasteiger partial charge >= 0.3 is 0 Å². The van der Waals surface area contributed by atoms with Crippen LogP contribution in [-0.4, -0.2) is 60.6 Å². The van der Waals surface area contributed by atoms with Gasteiger partial charge in [0.1, 0.15) is 0 Å². The number of rotatable bonds is 6. The lowest BCUT2D eigenvalue weighted by Crippen LogP contribution is -2.48. The number of hydrogen-bond acceptors (Lipinski definition) is 5. The van der Waals surface area contributed by atoms with Gasteiger partial charge in [0.2, 0.25) is 0 Å². The Morgan fingerprint density at radius 1 is 1.20 bits per heavy atom. The van der Waals surface area contributed by atoms with Crippen molar-refractivity contribution in [1.29, 1.82) is 0 Å². The quantitative estimate of drug-likeness (QED) is 0.758. The summed E-state index contributed by atoms with van der Waals surface area (Å²) in [5, 5.41) is 14.6. The van der Waals surface area contributed by atoms with Crippen molar-refractivity contribution >= 4 is 40.2 Å². The SMILES string of the molecule is O=C(c1cccs1)N1CCN(c2ccc(NCC(O)CCl)cc2)CC1. The van der Waals surface area contributed by atoms with Gasteiger partial charge in [0, 0.05) is 44.1 Å². The molecule has 1 atom stereocenters. The van der Waals surface area contributed by atoms with Crippen LogP contribution in [0.5, 0.6) is 0 Å². The van der Waals surface area contributed by atoms with Gasteiger partial charge in [-0.3, -0.25) is 4.79 Å². The largest absolute Gasteiger partial charge is 0.390 e. The molecule has 2 aromatic rings. The fourth-order valence-electron chi connectivity index (χ4n) is 2.80. The Bertz CT molecular complexity index is 670. The third kappa shape index (κ3) is 4.66. The lowest BCUT2D eigenvalue weighted by Gasteiger charge is -2.36. The van der Waals surface area contributed by atoms with Gasteiger partial charge in [-0.25, -0.2) is 0 Å². The smallest absolute Gasteiger partial charge is 0.264 e. The van der Waals surface area contributed by atoms with Gasteiger partial charge in [-0.2, -0.15) is 0 Å². The molecule has 0 spiro atoms. The van der Waals surface area contributed by atoms with Crippen molar-refractivity contribution < 1.29 is 9.90 Å². The molecule has 0 saturated carbocycles. The summed E-state index contributed by atoms with van der Waals surface area (Å²) in [6, 6.07) is 11.9. The van der Waals surface area contributed by atoms with Gasteiger partial charge in [-0.05, 0) is 35.7 Å². The molecule has 1 saturated heterocycles. The van der Waals surface area contributed by atoms with Crippen molar-refractivity contribution in [3.63, 3.8) is 0 Å². The summed E-state index contributed by atoms with van der Waals surface area (Å²) in [7, 11) is 0. The summed E-state index contributed by atoms with van der Waals surface area (Å²) in [5.74, 6) is 0.353. The van der Waals surface area contributed by atoms with Crippen molar-refractivity contribution in [3.8, 4) is 0 Å². The molecule has 1 fully saturated rings. The fraction of sp³-hybridized carbons (Fsp3) is 0.389. The van der Waals surface area contributed by atoms with Crippen molar-refractivity contribution in [1.82, 2.24) is 4.90 Å². The molecule has 134 valence electrons. The monoisotopic (exact) mass is 379 g/mol. The Balaban J connectivity index is 1.51. The van der Waals surface area contributed by atoms with Crippen LogP contribution in [0.3, 0.4) is 0 Å². The van der Waals surface area contributed by atoms with Crippen LogP contribution in [0.2, 0.25) is 0 Å². The van der Waals surface area contributed by atoms with E-state index in [0.29, 0.717) is 6.54 Å². The maximum Gasteiger partial charge on any atom is 0.264 e. The van der Waals surface area contributed by atoms with Gasteiger partial charge in [-0.1, -0.05) is 6.07 Å². The van der Waals surface area contributed by atoms with E-state index < -0.39 is 6.10 Å². The predicted molar refractivity (Wildman–Crippen MR) is 104 cm³/mol. The zero-order valence-electron chi connectivity index (χ0n) is 13.9.